The molecule has 0 spiro atoms. The van der Waals surface area contributed by atoms with Crippen LogP contribution < -0.4 is 5.73 Å². The van der Waals surface area contributed by atoms with Gasteiger partial charge in [0.25, 0.3) is 0 Å². The number of anilines is 1. The molecule has 1 fully saturated rings. The first-order chi connectivity index (χ1) is 8.85. The van der Waals surface area contributed by atoms with Crippen molar-refractivity contribution in [2.24, 2.45) is 0 Å². The number of nitrogens with two attached hydrogens (primary N) is 1. The minimum atomic E-state index is -3.47. The summed E-state index contributed by atoms with van der Waals surface area (Å²) < 4.78 is 27.1. The number of rotatable bonds is 3. The van der Waals surface area contributed by atoms with Crippen molar-refractivity contribution in [3.05, 3.63) is 23.3 Å². The van der Waals surface area contributed by atoms with E-state index < -0.39 is 10.0 Å². The first-order valence-electron chi connectivity index (χ1n) is 6.27. The Kier molecular flexibility index (Phi) is 4.13. The first kappa shape index (κ1) is 14.7. The Labute approximate surface area is 119 Å². The summed E-state index contributed by atoms with van der Waals surface area (Å²) >= 11 is 1.80. The molecule has 0 radical (unpaired) electrons. The number of hydrogen-bond donors (Lipinski definition) is 1. The van der Waals surface area contributed by atoms with E-state index in [1.54, 1.807) is 37.9 Å². The highest BCUT2D eigenvalue weighted by Crippen LogP contribution is 2.31. The van der Waals surface area contributed by atoms with Crippen LogP contribution in [-0.2, 0) is 10.0 Å². The third-order valence-corrected chi connectivity index (χ3v) is 7.05. The molecule has 6 heteroatoms. The van der Waals surface area contributed by atoms with Crippen molar-refractivity contribution in [3.63, 3.8) is 0 Å². The van der Waals surface area contributed by atoms with E-state index in [2.05, 4.69) is 0 Å². The molecule has 0 aromatic heterocycles. The Morgan fingerprint density at radius 2 is 2.05 bits per heavy atom. The van der Waals surface area contributed by atoms with Crippen molar-refractivity contribution in [3.8, 4) is 0 Å². The van der Waals surface area contributed by atoms with Crippen LogP contribution in [0.2, 0.25) is 0 Å². The molecule has 2 rings (SSSR count). The summed E-state index contributed by atoms with van der Waals surface area (Å²) in [6.45, 7) is 3.59. The van der Waals surface area contributed by atoms with Gasteiger partial charge < -0.3 is 5.73 Å². The topological polar surface area (TPSA) is 63.4 Å². The quantitative estimate of drug-likeness (QED) is 0.867. The van der Waals surface area contributed by atoms with Crippen molar-refractivity contribution in [1.82, 2.24) is 4.31 Å². The lowest BCUT2D eigenvalue weighted by molar-refractivity contribution is 0.394. The van der Waals surface area contributed by atoms with Gasteiger partial charge in [-0.3, -0.25) is 0 Å². The zero-order valence-corrected chi connectivity index (χ0v) is 13.1. The molecule has 1 aromatic carbocycles. The summed E-state index contributed by atoms with van der Waals surface area (Å²) in [5.41, 5.74) is 7.78. The zero-order valence-electron chi connectivity index (χ0n) is 11.5. The molecule has 1 aliphatic rings. The van der Waals surface area contributed by atoms with E-state index in [9.17, 15) is 8.42 Å². The first-order valence-corrected chi connectivity index (χ1v) is 8.86. The van der Waals surface area contributed by atoms with Crippen LogP contribution in [0.1, 0.15) is 17.5 Å². The molecule has 1 unspecified atom stereocenters. The van der Waals surface area contributed by atoms with Crippen molar-refractivity contribution in [1.29, 1.82) is 0 Å². The molecule has 1 aliphatic heterocycles. The van der Waals surface area contributed by atoms with Crippen LogP contribution in [0.4, 0.5) is 5.69 Å². The lowest BCUT2D eigenvalue weighted by Crippen LogP contribution is -2.37. The Hall–Kier alpha value is -0.720. The van der Waals surface area contributed by atoms with Gasteiger partial charge in [0.1, 0.15) is 0 Å². The fraction of sp³-hybridized carbons (Fsp3) is 0.538. The maximum absolute atomic E-state index is 12.8. The fourth-order valence-corrected chi connectivity index (χ4v) is 5.59. The normalized spacial score (nSPS) is 20.1. The number of hydrogen-bond acceptors (Lipinski definition) is 4. The fourth-order valence-electron chi connectivity index (χ4n) is 2.39. The van der Waals surface area contributed by atoms with Gasteiger partial charge in [0, 0.05) is 24.5 Å². The second-order valence-corrected chi connectivity index (χ2v) is 8.05. The molecule has 1 heterocycles. The molecule has 1 saturated heterocycles. The largest absolute Gasteiger partial charge is 0.398 e. The average molecular weight is 300 g/mol. The van der Waals surface area contributed by atoms with Crippen LogP contribution in [0.15, 0.2) is 17.0 Å². The molecule has 1 atom stereocenters. The average Bonchev–Trinajstić information content (AvgIpc) is 2.86. The maximum Gasteiger partial charge on any atom is 0.243 e. The lowest BCUT2D eigenvalue weighted by Gasteiger charge is -2.25. The Morgan fingerprint density at radius 3 is 2.63 bits per heavy atom. The molecule has 0 saturated carbocycles. The molecular formula is C13H20N2O2S2. The predicted octanol–water partition coefficient (Wildman–Crippen LogP) is 2.01. The smallest absolute Gasteiger partial charge is 0.243 e. The predicted molar refractivity (Wildman–Crippen MR) is 81.0 cm³/mol. The molecule has 0 amide bonds. The van der Waals surface area contributed by atoms with Crippen LogP contribution >= 0.6 is 11.8 Å². The van der Waals surface area contributed by atoms with E-state index in [1.807, 2.05) is 6.92 Å². The summed E-state index contributed by atoms with van der Waals surface area (Å²) in [7, 11) is -1.79. The summed E-state index contributed by atoms with van der Waals surface area (Å²) in [5, 5.41) is 0. The highest BCUT2D eigenvalue weighted by molar-refractivity contribution is 7.99. The van der Waals surface area contributed by atoms with Crippen LogP contribution in [0.3, 0.4) is 0 Å². The monoisotopic (exact) mass is 300 g/mol. The van der Waals surface area contributed by atoms with Gasteiger partial charge in [-0.2, -0.15) is 16.1 Å². The van der Waals surface area contributed by atoms with Crippen molar-refractivity contribution < 1.29 is 8.42 Å². The zero-order chi connectivity index (χ0) is 14.2. The van der Waals surface area contributed by atoms with Crippen molar-refractivity contribution in [2.75, 3.05) is 24.3 Å². The van der Waals surface area contributed by atoms with Gasteiger partial charge in [-0.15, -0.1) is 0 Å². The summed E-state index contributed by atoms with van der Waals surface area (Å²) in [5.74, 6) is 1.90. The van der Waals surface area contributed by atoms with Gasteiger partial charge in [0.15, 0.2) is 0 Å². The van der Waals surface area contributed by atoms with Gasteiger partial charge in [0.2, 0.25) is 10.0 Å². The minimum Gasteiger partial charge on any atom is -0.398 e. The number of aryl methyl sites for hydroxylation is 1. The second-order valence-electron chi connectivity index (χ2n) is 4.96. The van der Waals surface area contributed by atoms with E-state index in [0.29, 0.717) is 16.1 Å². The summed E-state index contributed by atoms with van der Waals surface area (Å²) in [6.07, 6.45) is 0.917. The SMILES string of the molecule is Cc1ccc(N)c(C)c1S(=O)(=O)N(C)C1CCSC1. The number of nitrogens with zero attached hydrogens (tertiary/aromatic N) is 1. The third-order valence-electron chi connectivity index (χ3n) is 3.70. The van der Waals surface area contributed by atoms with E-state index >= 15 is 0 Å². The van der Waals surface area contributed by atoms with Crippen LogP contribution in [0.25, 0.3) is 0 Å². The van der Waals surface area contributed by atoms with Gasteiger partial charge in [-0.25, -0.2) is 8.42 Å². The Bertz CT molecular complexity index is 579. The molecule has 0 bridgehead atoms. The summed E-state index contributed by atoms with van der Waals surface area (Å²) in [4.78, 5) is 0.368. The van der Waals surface area contributed by atoms with Crippen LogP contribution in [0, 0.1) is 13.8 Å². The molecule has 0 aliphatic carbocycles. The Balaban J connectivity index is 2.47. The van der Waals surface area contributed by atoms with Crippen molar-refractivity contribution >= 4 is 27.5 Å². The van der Waals surface area contributed by atoms with E-state index in [4.69, 9.17) is 5.73 Å². The highest BCUT2D eigenvalue weighted by Gasteiger charge is 2.32. The van der Waals surface area contributed by atoms with E-state index in [1.165, 1.54) is 4.31 Å². The van der Waals surface area contributed by atoms with E-state index in [0.717, 1.165) is 23.5 Å². The third kappa shape index (κ3) is 2.61. The number of nitrogen functional groups attached to an aromatic ring is 1. The molecule has 4 nitrogen and oxygen atoms in total. The van der Waals surface area contributed by atoms with Gasteiger partial charge in [0.05, 0.1) is 4.90 Å². The van der Waals surface area contributed by atoms with Crippen LogP contribution in [-0.4, -0.2) is 37.3 Å². The maximum atomic E-state index is 12.8. The Morgan fingerprint density at radius 1 is 1.37 bits per heavy atom. The molecular weight excluding hydrogens is 280 g/mol. The standard InChI is InChI=1S/C13H20N2O2S2/c1-9-4-5-12(14)10(2)13(9)19(16,17)15(3)11-6-7-18-8-11/h4-5,11H,6-8,14H2,1-3H3. The highest BCUT2D eigenvalue weighted by atomic mass is 32.2. The summed E-state index contributed by atoms with van der Waals surface area (Å²) in [6, 6.07) is 3.62. The number of thioether (sulfide) groups is 1. The minimum absolute atomic E-state index is 0.0928. The van der Waals surface area contributed by atoms with Crippen molar-refractivity contribution in [2.45, 2.75) is 31.2 Å². The molecule has 1 aromatic rings. The molecule has 19 heavy (non-hydrogen) atoms. The lowest BCUT2D eigenvalue weighted by atomic mass is 10.1. The van der Waals surface area contributed by atoms with Crippen LogP contribution in [0.5, 0.6) is 0 Å². The van der Waals surface area contributed by atoms with E-state index in [-0.39, 0.29) is 6.04 Å². The molecule has 2 N–H and O–H groups in total. The van der Waals surface area contributed by atoms with Gasteiger partial charge >= 0.3 is 0 Å². The van der Waals surface area contributed by atoms with Gasteiger partial charge in [-0.05, 0) is 43.2 Å². The number of benzene rings is 1. The number of sulfonamides is 1. The molecule has 106 valence electrons. The van der Waals surface area contributed by atoms with Gasteiger partial charge in [-0.1, -0.05) is 6.07 Å². The second kappa shape index (κ2) is 5.34.